The van der Waals surface area contributed by atoms with Crippen LogP contribution in [0.3, 0.4) is 0 Å². The van der Waals surface area contributed by atoms with Crippen molar-refractivity contribution in [2.24, 2.45) is 23.7 Å². The van der Waals surface area contributed by atoms with E-state index in [1.165, 1.54) is 0 Å². The molecule has 31 heavy (non-hydrogen) atoms. The molecule has 2 saturated heterocycles. The summed E-state index contributed by atoms with van der Waals surface area (Å²) in [5, 5.41) is 9.99. The standard InChI is InChI=1S/C24H35IO6/c1-4-14(2)22(28)31-20-9-16-12-23(29-13-16)8-7-15(3)19(24(20,23)25)6-5-18-10-17(26)11-21(27)30-18/h7-8,14-20,26H,4-6,9-13H2,1-3H3/t14-,15-,16+,17+,18+,19-,20-,23+,24+/m0/s1. The number of hydrogen-bond donors (Lipinski definition) is 1. The summed E-state index contributed by atoms with van der Waals surface area (Å²) in [6.07, 6.45) is 8.07. The van der Waals surface area contributed by atoms with Gasteiger partial charge in [0, 0.05) is 6.42 Å². The van der Waals surface area contributed by atoms with Gasteiger partial charge in [0.25, 0.3) is 0 Å². The fourth-order valence-electron chi connectivity index (χ4n) is 6.03. The minimum atomic E-state index is -0.618. The minimum Gasteiger partial charge on any atom is -0.462 e. The second-order valence-corrected chi connectivity index (χ2v) is 11.9. The van der Waals surface area contributed by atoms with Crippen LogP contribution in [-0.2, 0) is 23.8 Å². The van der Waals surface area contributed by atoms with Gasteiger partial charge in [0.15, 0.2) is 0 Å². The lowest BCUT2D eigenvalue weighted by molar-refractivity contribution is -0.165. The van der Waals surface area contributed by atoms with Gasteiger partial charge >= 0.3 is 11.9 Å². The first-order chi connectivity index (χ1) is 14.7. The van der Waals surface area contributed by atoms with Crippen molar-refractivity contribution >= 4 is 34.5 Å². The van der Waals surface area contributed by atoms with E-state index in [0.717, 1.165) is 25.7 Å². The molecular formula is C24H35IO6. The van der Waals surface area contributed by atoms with Crippen LogP contribution in [0.1, 0.15) is 65.7 Å². The van der Waals surface area contributed by atoms with Gasteiger partial charge in [-0.3, -0.25) is 9.59 Å². The Kier molecular flexibility index (Phi) is 6.77. The van der Waals surface area contributed by atoms with Crippen molar-refractivity contribution in [2.75, 3.05) is 6.61 Å². The molecule has 7 heteroatoms. The monoisotopic (exact) mass is 546 g/mol. The second kappa shape index (κ2) is 8.93. The van der Waals surface area contributed by atoms with Gasteiger partial charge < -0.3 is 19.3 Å². The molecule has 0 radical (unpaired) electrons. The van der Waals surface area contributed by atoms with Crippen LogP contribution in [0.5, 0.6) is 0 Å². The molecule has 0 aromatic rings. The predicted octanol–water partition coefficient (Wildman–Crippen LogP) is 3.97. The summed E-state index contributed by atoms with van der Waals surface area (Å²) in [6, 6.07) is 0. The highest BCUT2D eigenvalue weighted by Crippen LogP contribution is 2.62. The van der Waals surface area contributed by atoms with E-state index in [2.05, 4.69) is 41.7 Å². The lowest BCUT2D eigenvalue weighted by atomic mass is 9.59. The van der Waals surface area contributed by atoms with Crippen molar-refractivity contribution in [1.29, 1.82) is 0 Å². The van der Waals surface area contributed by atoms with Gasteiger partial charge in [0.1, 0.15) is 17.8 Å². The fraction of sp³-hybridized carbons (Fsp3) is 0.833. The third-order valence-electron chi connectivity index (χ3n) is 7.98. The van der Waals surface area contributed by atoms with Crippen LogP contribution in [0, 0.1) is 23.7 Å². The third kappa shape index (κ3) is 4.19. The zero-order valence-electron chi connectivity index (χ0n) is 18.7. The SMILES string of the molecule is CC[C@H](C)C(=O)O[C@H]1C[C@H]2CO[C@]3(C=C[C@H](C)[C@H](CC[C@@H]4C[C@@H](O)CC(=O)O4)[C@@]13I)C2. The molecule has 0 aromatic carbocycles. The molecule has 0 aromatic heterocycles. The molecule has 1 spiro atoms. The van der Waals surface area contributed by atoms with Crippen molar-refractivity contribution in [1.82, 2.24) is 0 Å². The van der Waals surface area contributed by atoms with E-state index in [9.17, 15) is 14.7 Å². The molecule has 9 atom stereocenters. The molecule has 4 rings (SSSR count). The molecule has 2 heterocycles. The van der Waals surface area contributed by atoms with Gasteiger partial charge in [-0.1, -0.05) is 55.5 Å². The summed E-state index contributed by atoms with van der Waals surface area (Å²) in [4.78, 5) is 24.6. The highest BCUT2D eigenvalue weighted by molar-refractivity contribution is 14.1. The number of rotatable bonds is 6. The number of aliphatic hydroxyl groups is 1. The highest BCUT2D eigenvalue weighted by atomic mass is 127. The highest BCUT2D eigenvalue weighted by Gasteiger charge is 2.67. The average molecular weight is 546 g/mol. The molecule has 1 N–H and O–H groups in total. The van der Waals surface area contributed by atoms with Crippen LogP contribution in [0.25, 0.3) is 0 Å². The molecular weight excluding hydrogens is 511 g/mol. The van der Waals surface area contributed by atoms with Gasteiger partial charge in [0.05, 0.1) is 28.5 Å². The maximum Gasteiger partial charge on any atom is 0.308 e. The molecule has 0 unspecified atom stereocenters. The zero-order chi connectivity index (χ0) is 22.4. The summed E-state index contributed by atoms with van der Waals surface area (Å²) in [5.41, 5.74) is -0.420. The first kappa shape index (κ1) is 23.5. The molecule has 2 aliphatic carbocycles. The number of cyclic esters (lactones) is 1. The summed E-state index contributed by atoms with van der Waals surface area (Å²) >= 11 is 2.55. The van der Waals surface area contributed by atoms with Crippen molar-refractivity contribution in [2.45, 2.75) is 93.1 Å². The van der Waals surface area contributed by atoms with Crippen LogP contribution in [0.4, 0.5) is 0 Å². The smallest absolute Gasteiger partial charge is 0.308 e. The van der Waals surface area contributed by atoms with Gasteiger partial charge in [-0.05, 0) is 49.9 Å². The first-order valence-electron chi connectivity index (χ1n) is 11.8. The molecule has 4 aliphatic rings. The van der Waals surface area contributed by atoms with Gasteiger partial charge in [-0.2, -0.15) is 0 Å². The van der Waals surface area contributed by atoms with E-state index in [1.54, 1.807) is 0 Å². The van der Waals surface area contributed by atoms with Crippen molar-refractivity contribution in [3.8, 4) is 0 Å². The molecule has 2 bridgehead atoms. The quantitative estimate of drug-likeness (QED) is 0.235. The fourth-order valence-corrected chi connectivity index (χ4v) is 7.85. The lowest BCUT2D eigenvalue weighted by Gasteiger charge is -2.56. The van der Waals surface area contributed by atoms with Crippen molar-refractivity contribution < 1.29 is 28.9 Å². The Morgan fingerprint density at radius 2 is 2.16 bits per heavy atom. The molecule has 1 saturated carbocycles. The van der Waals surface area contributed by atoms with Crippen LogP contribution >= 0.6 is 22.6 Å². The number of halogens is 1. The molecule has 2 aliphatic heterocycles. The van der Waals surface area contributed by atoms with E-state index in [0.29, 0.717) is 25.4 Å². The third-order valence-corrected chi connectivity index (χ3v) is 10.4. The maximum atomic E-state index is 12.8. The number of alkyl halides is 1. The van der Waals surface area contributed by atoms with Crippen LogP contribution in [0.2, 0.25) is 0 Å². The van der Waals surface area contributed by atoms with E-state index >= 15 is 0 Å². The summed E-state index contributed by atoms with van der Waals surface area (Å²) in [5.74, 6) is 0.355. The number of fused-ring (bicyclic) bond motifs is 1. The number of carbonyl (C=O) groups excluding carboxylic acids is 2. The lowest BCUT2D eigenvalue weighted by Crippen LogP contribution is -2.65. The van der Waals surface area contributed by atoms with Crippen LogP contribution in [-0.4, -0.2) is 51.0 Å². The van der Waals surface area contributed by atoms with E-state index in [1.807, 2.05) is 13.8 Å². The van der Waals surface area contributed by atoms with Gasteiger partial charge in [-0.15, -0.1) is 0 Å². The first-order valence-corrected chi connectivity index (χ1v) is 12.9. The average Bonchev–Trinajstić information content (AvgIpc) is 3.08. The summed E-state index contributed by atoms with van der Waals surface area (Å²) in [7, 11) is 0. The van der Waals surface area contributed by atoms with Crippen molar-refractivity contribution in [3.05, 3.63) is 12.2 Å². The van der Waals surface area contributed by atoms with Crippen molar-refractivity contribution in [3.63, 3.8) is 0 Å². The number of hydrogen-bond acceptors (Lipinski definition) is 6. The number of ether oxygens (including phenoxy) is 3. The Balaban J connectivity index is 1.58. The molecule has 0 amide bonds. The van der Waals surface area contributed by atoms with E-state index in [-0.39, 0.29) is 51.7 Å². The van der Waals surface area contributed by atoms with Gasteiger partial charge in [-0.25, -0.2) is 0 Å². The predicted molar refractivity (Wildman–Crippen MR) is 124 cm³/mol. The summed E-state index contributed by atoms with van der Waals surface area (Å²) < 4.78 is 17.8. The Hall–Kier alpha value is -0.670. The number of aliphatic hydroxyl groups excluding tert-OH is 1. The molecule has 174 valence electrons. The van der Waals surface area contributed by atoms with Crippen LogP contribution in [0.15, 0.2) is 12.2 Å². The minimum absolute atomic E-state index is 0.0846. The Bertz CT molecular complexity index is 740. The topological polar surface area (TPSA) is 82.1 Å². The Morgan fingerprint density at radius 1 is 1.39 bits per heavy atom. The zero-order valence-corrected chi connectivity index (χ0v) is 20.9. The van der Waals surface area contributed by atoms with E-state index in [4.69, 9.17) is 14.2 Å². The maximum absolute atomic E-state index is 12.8. The normalized spacial score (nSPS) is 45.0. The molecule has 3 fully saturated rings. The largest absolute Gasteiger partial charge is 0.462 e. The summed E-state index contributed by atoms with van der Waals surface area (Å²) in [6.45, 7) is 6.86. The Morgan fingerprint density at radius 3 is 2.87 bits per heavy atom. The van der Waals surface area contributed by atoms with E-state index < -0.39 is 11.7 Å². The number of carbonyl (C=O) groups is 2. The number of esters is 2. The second-order valence-electron chi connectivity index (χ2n) is 10.1. The Labute approximate surface area is 198 Å². The van der Waals surface area contributed by atoms with Gasteiger partial charge in [0.2, 0.25) is 0 Å². The molecule has 6 nitrogen and oxygen atoms in total. The van der Waals surface area contributed by atoms with Crippen LogP contribution < -0.4 is 0 Å². The number of allylic oxidation sites excluding steroid dienone is 1.